The van der Waals surface area contributed by atoms with Crippen LogP contribution < -0.4 is 10.6 Å². The van der Waals surface area contributed by atoms with Crippen molar-refractivity contribution in [3.05, 3.63) is 34.9 Å². The summed E-state index contributed by atoms with van der Waals surface area (Å²) in [4.78, 5) is 23.4. The monoisotopic (exact) mass is 250 g/mol. The molecule has 2 fully saturated rings. The summed E-state index contributed by atoms with van der Waals surface area (Å²) in [5.41, 5.74) is -0.0884. The molecule has 5 heteroatoms. The van der Waals surface area contributed by atoms with Crippen LogP contribution in [0.25, 0.3) is 0 Å². The summed E-state index contributed by atoms with van der Waals surface area (Å²) in [6.07, 6.45) is 1.91. The van der Waals surface area contributed by atoms with Crippen LogP contribution in [0.1, 0.15) is 18.4 Å². The van der Waals surface area contributed by atoms with E-state index in [0.717, 1.165) is 18.4 Å². The van der Waals surface area contributed by atoms with E-state index >= 15 is 0 Å². The van der Waals surface area contributed by atoms with Crippen molar-refractivity contribution < 1.29 is 9.59 Å². The van der Waals surface area contributed by atoms with Gasteiger partial charge in [0.1, 0.15) is 5.54 Å². The normalized spacial score (nSPS) is 27.8. The van der Waals surface area contributed by atoms with Gasteiger partial charge in [-0.25, -0.2) is 4.79 Å². The second kappa shape index (κ2) is 3.47. The number of hydrogen-bond acceptors (Lipinski definition) is 2. The summed E-state index contributed by atoms with van der Waals surface area (Å²) in [5, 5.41) is 5.71. The van der Waals surface area contributed by atoms with Crippen molar-refractivity contribution in [3.8, 4) is 0 Å². The van der Waals surface area contributed by atoms with Crippen molar-refractivity contribution >= 4 is 23.5 Å². The molecule has 2 N–H and O–H groups in total. The Hall–Kier alpha value is -1.55. The van der Waals surface area contributed by atoms with Crippen LogP contribution in [0, 0.1) is 5.92 Å². The first-order chi connectivity index (χ1) is 8.13. The zero-order valence-corrected chi connectivity index (χ0v) is 9.75. The quantitative estimate of drug-likeness (QED) is 0.786. The average Bonchev–Trinajstić information content (AvgIpc) is 3.07. The van der Waals surface area contributed by atoms with Gasteiger partial charge < -0.3 is 5.32 Å². The van der Waals surface area contributed by atoms with Crippen LogP contribution in [0.5, 0.6) is 0 Å². The molecule has 3 rings (SSSR count). The van der Waals surface area contributed by atoms with E-state index in [1.54, 1.807) is 24.3 Å². The van der Waals surface area contributed by atoms with Gasteiger partial charge in [0.2, 0.25) is 0 Å². The Morgan fingerprint density at radius 3 is 2.29 bits per heavy atom. The van der Waals surface area contributed by atoms with Crippen molar-refractivity contribution in [1.29, 1.82) is 0 Å². The minimum atomic E-state index is -0.887. The molecule has 0 aromatic heterocycles. The molecule has 1 aliphatic carbocycles. The van der Waals surface area contributed by atoms with Crippen molar-refractivity contribution in [3.63, 3.8) is 0 Å². The van der Waals surface area contributed by atoms with E-state index in [9.17, 15) is 9.59 Å². The summed E-state index contributed by atoms with van der Waals surface area (Å²) in [5.74, 6) is -0.0672. The van der Waals surface area contributed by atoms with Gasteiger partial charge in [-0.3, -0.25) is 10.1 Å². The molecule has 0 unspecified atom stereocenters. The summed E-state index contributed by atoms with van der Waals surface area (Å²) in [6, 6.07) is 6.65. The molecule has 2 aliphatic rings. The number of imide groups is 1. The fourth-order valence-electron chi connectivity index (χ4n) is 2.42. The molecule has 3 amide bonds. The molecule has 88 valence electrons. The lowest BCUT2D eigenvalue weighted by molar-refractivity contribution is -0.125. The Morgan fingerprint density at radius 1 is 1.18 bits per heavy atom. The largest absolute Gasteiger partial charge is 0.322 e. The van der Waals surface area contributed by atoms with Gasteiger partial charge in [-0.05, 0) is 36.5 Å². The maximum atomic E-state index is 12.0. The van der Waals surface area contributed by atoms with Gasteiger partial charge in [0.15, 0.2) is 0 Å². The van der Waals surface area contributed by atoms with E-state index in [1.807, 2.05) is 0 Å². The van der Waals surface area contributed by atoms with Crippen LogP contribution in [0.4, 0.5) is 4.79 Å². The van der Waals surface area contributed by atoms with E-state index in [1.165, 1.54) is 0 Å². The smallest absolute Gasteiger partial charge is 0.319 e. The maximum Gasteiger partial charge on any atom is 0.322 e. The van der Waals surface area contributed by atoms with E-state index in [2.05, 4.69) is 10.6 Å². The molecule has 4 nitrogen and oxygen atoms in total. The third kappa shape index (κ3) is 1.52. The van der Waals surface area contributed by atoms with Crippen molar-refractivity contribution in [2.24, 2.45) is 5.92 Å². The number of nitrogens with one attached hydrogen (secondary N) is 2. The third-order valence-corrected chi connectivity index (χ3v) is 3.64. The lowest BCUT2D eigenvalue weighted by atomic mass is 9.85. The first kappa shape index (κ1) is 10.6. The topological polar surface area (TPSA) is 58.2 Å². The van der Waals surface area contributed by atoms with Gasteiger partial charge in [0.05, 0.1) is 0 Å². The number of carbonyl (C=O) groups is 2. The van der Waals surface area contributed by atoms with Crippen molar-refractivity contribution in [1.82, 2.24) is 10.6 Å². The minimum absolute atomic E-state index is 0.190. The highest BCUT2D eigenvalue weighted by molar-refractivity contribution is 6.30. The van der Waals surface area contributed by atoms with Gasteiger partial charge >= 0.3 is 6.03 Å². The van der Waals surface area contributed by atoms with E-state index < -0.39 is 11.6 Å². The molecular weight excluding hydrogens is 240 g/mol. The minimum Gasteiger partial charge on any atom is -0.319 e. The Labute approximate surface area is 103 Å². The zero-order chi connectivity index (χ0) is 12.0. The van der Waals surface area contributed by atoms with E-state index in [-0.39, 0.29) is 11.8 Å². The molecule has 0 radical (unpaired) electrons. The summed E-state index contributed by atoms with van der Waals surface area (Å²) in [6.45, 7) is 0. The molecule has 1 aromatic rings. The number of rotatable bonds is 2. The third-order valence-electron chi connectivity index (χ3n) is 3.39. The van der Waals surface area contributed by atoms with Gasteiger partial charge in [-0.15, -0.1) is 0 Å². The zero-order valence-electron chi connectivity index (χ0n) is 9.00. The number of hydrogen-bond donors (Lipinski definition) is 2. The van der Waals surface area contributed by atoms with Crippen molar-refractivity contribution in [2.75, 3.05) is 0 Å². The lowest BCUT2D eigenvalue weighted by Gasteiger charge is -2.26. The second-order valence-electron chi connectivity index (χ2n) is 4.50. The number of amides is 3. The van der Waals surface area contributed by atoms with Crippen LogP contribution in [0.3, 0.4) is 0 Å². The van der Waals surface area contributed by atoms with E-state index in [4.69, 9.17) is 11.6 Å². The lowest BCUT2D eigenvalue weighted by Crippen LogP contribution is -2.45. The van der Waals surface area contributed by atoms with Crippen molar-refractivity contribution in [2.45, 2.75) is 18.4 Å². The number of carbonyl (C=O) groups excluding carboxylic acids is 2. The summed E-state index contributed by atoms with van der Waals surface area (Å²) in [7, 11) is 0. The van der Waals surface area contributed by atoms with Gasteiger partial charge in [0.25, 0.3) is 5.91 Å². The molecule has 1 heterocycles. The van der Waals surface area contributed by atoms with Crippen LogP contribution >= 0.6 is 11.6 Å². The van der Waals surface area contributed by atoms with Crippen LogP contribution in [-0.2, 0) is 10.3 Å². The van der Waals surface area contributed by atoms with Crippen LogP contribution in [0.15, 0.2) is 24.3 Å². The first-order valence-electron chi connectivity index (χ1n) is 5.52. The number of benzene rings is 1. The molecule has 1 saturated carbocycles. The van der Waals surface area contributed by atoms with Crippen LogP contribution in [0.2, 0.25) is 5.02 Å². The van der Waals surface area contributed by atoms with Crippen LogP contribution in [-0.4, -0.2) is 11.9 Å². The molecule has 0 bridgehead atoms. The predicted molar refractivity (Wildman–Crippen MR) is 62.5 cm³/mol. The fraction of sp³-hybridized carbons (Fsp3) is 0.333. The fourth-order valence-corrected chi connectivity index (χ4v) is 2.55. The Morgan fingerprint density at radius 2 is 1.82 bits per heavy atom. The SMILES string of the molecule is O=C1NC(=O)[C@](c2ccc(Cl)cc2)(C2CC2)N1. The molecule has 1 aliphatic heterocycles. The molecule has 17 heavy (non-hydrogen) atoms. The van der Waals surface area contributed by atoms with Gasteiger partial charge in [0, 0.05) is 5.02 Å². The molecule has 1 aromatic carbocycles. The standard InChI is InChI=1S/C12H11ClN2O2/c13-9-5-3-8(4-6-9)12(7-1-2-7)10(16)14-11(17)15-12/h3-7H,1-2H2,(H2,14,15,16,17)/t12-/m1/s1. The molecular formula is C12H11ClN2O2. The highest BCUT2D eigenvalue weighted by Crippen LogP contribution is 2.47. The predicted octanol–water partition coefficient (Wildman–Crippen LogP) is 1.78. The molecule has 0 spiro atoms. The summed E-state index contributed by atoms with van der Waals surface area (Å²) < 4.78 is 0. The highest BCUT2D eigenvalue weighted by atomic mass is 35.5. The molecule has 1 saturated heterocycles. The first-order valence-corrected chi connectivity index (χ1v) is 5.90. The average molecular weight is 251 g/mol. The Kier molecular flexibility index (Phi) is 2.16. The van der Waals surface area contributed by atoms with E-state index in [0.29, 0.717) is 5.02 Å². The van der Waals surface area contributed by atoms with Gasteiger partial charge in [-0.2, -0.15) is 0 Å². The molecule has 1 atom stereocenters. The highest BCUT2D eigenvalue weighted by Gasteiger charge is 2.57. The second-order valence-corrected chi connectivity index (χ2v) is 4.93. The Balaban J connectivity index is 2.08. The summed E-state index contributed by atoms with van der Waals surface area (Å²) >= 11 is 5.84. The van der Waals surface area contributed by atoms with Gasteiger partial charge in [-0.1, -0.05) is 23.7 Å². The number of halogens is 1. The maximum absolute atomic E-state index is 12.0. The number of urea groups is 1. The Bertz CT molecular complexity index is 496.